The molecule has 0 aromatic rings. The van der Waals surface area contributed by atoms with Crippen LogP contribution in [0.2, 0.25) is 0 Å². The van der Waals surface area contributed by atoms with E-state index in [1.54, 1.807) is 0 Å². The maximum atomic E-state index is 8.58. The standard InChI is InChI=1S/2Ca.4Mn.16O/q2*+2;;;;;;;;;;;;;;;;;4*-1. The van der Waals surface area contributed by atoms with Gasteiger partial charge in [-0.3, -0.25) is 0 Å². The van der Waals surface area contributed by atoms with Crippen LogP contribution in [0, 0.1) is 0 Å². The van der Waals surface area contributed by atoms with Crippen molar-refractivity contribution in [3.63, 3.8) is 0 Å². The van der Waals surface area contributed by atoms with E-state index in [9.17, 15) is 0 Å². The molecule has 0 heterocycles. The summed E-state index contributed by atoms with van der Waals surface area (Å²) < 4.78 is 137. The first-order chi connectivity index (χ1) is 8.00. The SMILES string of the molecule is [Ca+2].[Ca+2].[O]=[Mn](=[O])(=[O])[O-].[O]=[Mn](=[O])(=[O])[O-].[O]=[Mn](=[O])(=[O])[O-].[O]=[Mn](=[O])(=[O])[O-]. The van der Waals surface area contributed by atoms with Gasteiger partial charge in [-0.2, -0.15) is 0 Å². The van der Waals surface area contributed by atoms with Crippen molar-refractivity contribution in [2.75, 3.05) is 0 Å². The van der Waals surface area contributed by atoms with Gasteiger partial charge in [0.25, 0.3) is 0 Å². The quantitative estimate of drug-likeness (QED) is 0.250. The molecule has 0 rings (SSSR count). The van der Waals surface area contributed by atoms with Gasteiger partial charge in [-0.15, -0.1) is 0 Å². The first kappa shape index (κ1) is 39.2. The molecule has 0 aliphatic rings. The molecule has 0 aromatic heterocycles. The van der Waals surface area contributed by atoms with Gasteiger partial charge in [0.1, 0.15) is 0 Å². The molecule has 0 fully saturated rings. The van der Waals surface area contributed by atoms with E-state index in [1.807, 2.05) is 0 Å². The van der Waals surface area contributed by atoms with Crippen molar-refractivity contribution in [2.24, 2.45) is 0 Å². The summed E-state index contributed by atoms with van der Waals surface area (Å²) >= 11 is -22.5. The normalized spacial score (nSPS) is 10.4. The molecule has 0 saturated heterocycles. The van der Waals surface area contributed by atoms with E-state index in [0.29, 0.717) is 0 Å². The van der Waals surface area contributed by atoms with Crippen molar-refractivity contribution < 1.29 is 115 Å². The third-order valence-electron chi connectivity index (χ3n) is 0. The van der Waals surface area contributed by atoms with Crippen molar-refractivity contribution >= 4 is 75.5 Å². The molecule has 22 heavy (non-hydrogen) atoms. The Balaban J connectivity index is -0.0000000376. The monoisotopic (exact) mass is 556 g/mol. The fourth-order valence-electron chi connectivity index (χ4n) is 0. The van der Waals surface area contributed by atoms with Gasteiger partial charge in [0, 0.05) is 0 Å². The summed E-state index contributed by atoms with van der Waals surface area (Å²) in [7, 11) is 0. The van der Waals surface area contributed by atoms with E-state index in [2.05, 4.69) is 0 Å². The summed E-state index contributed by atoms with van der Waals surface area (Å²) in [6.07, 6.45) is 0. The summed E-state index contributed by atoms with van der Waals surface area (Å²) in [5.74, 6) is 0. The van der Waals surface area contributed by atoms with Gasteiger partial charge in [0.2, 0.25) is 0 Å². The molecule has 0 aliphatic heterocycles. The Morgan fingerprint density at radius 3 is 0.318 bits per heavy atom. The summed E-state index contributed by atoms with van der Waals surface area (Å²) in [5.41, 5.74) is 0. The number of hydrogen-bond acceptors (Lipinski definition) is 16. The Kier molecular flexibility index (Phi) is 29.4. The third kappa shape index (κ3) is 2350. The van der Waals surface area contributed by atoms with E-state index in [4.69, 9.17) is 62.8 Å². The zero-order chi connectivity index (χ0) is 18.0. The maximum absolute atomic E-state index is 8.58. The van der Waals surface area contributed by atoms with Crippen molar-refractivity contribution in [1.82, 2.24) is 0 Å². The molecule has 0 atom stereocenters. The van der Waals surface area contributed by atoms with Gasteiger partial charge in [0.05, 0.1) is 0 Å². The molecule has 0 aliphatic carbocycles. The van der Waals surface area contributed by atoms with Crippen molar-refractivity contribution in [3.05, 3.63) is 0 Å². The molecule has 128 valence electrons. The zero-order valence-corrected chi connectivity index (χ0v) is 18.6. The van der Waals surface area contributed by atoms with Crippen LogP contribution >= 0.6 is 0 Å². The van der Waals surface area contributed by atoms with Crippen molar-refractivity contribution in [2.45, 2.75) is 0 Å². The Bertz CT molecular complexity index is 677. The van der Waals surface area contributed by atoms with Crippen molar-refractivity contribution in [1.29, 1.82) is 0 Å². The van der Waals surface area contributed by atoms with Crippen molar-refractivity contribution in [3.8, 4) is 0 Å². The van der Waals surface area contributed by atoms with Crippen LogP contribution < -0.4 is 16.8 Å². The minimum atomic E-state index is -5.62. The van der Waals surface area contributed by atoms with Crippen LogP contribution in [0.1, 0.15) is 0 Å². The van der Waals surface area contributed by atoms with Crippen LogP contribution in [-0.2, 0) is 97.9 Å². The van der Waals surface area contributed by atoms with E-state index in [1.165, 1.54) is 0 Å². The first-order valence-corrected chi connectivity index (χ1v) is 10.2. The Hall–Kier alpha value is 2.04. The van der Waals surface area contributed by atoms with Gasteiger partial charge < -0.3 is 0 Å². The molecule has 22 heteroatoms. The zero-order valence-electron chi connectivity index (χ0n) is 9.46. The fourth-order valence-corrected chi connectivity index (χ4v) is 0. The van der Waals surface area contributed by atoms with Gasteiger partial charge >= 0.3 is 190 Å². The van der Waals surface area contributed by atoms with Crippen LogP contribution in [0.15, 0.2) is 0 Å². The van der Waals surface area contributed by atoms with Gasteiger partial charge in [0.15, 0.2) is 0 Å². The molecule has 0 N–H and O–H groups in total. The van der Waals surface area contributed by atoms with Gasteiger partial charge in [-0.05, 0) is 0 Å². The summed E-state index contributed by atoms with van der Waals surface area (Å²) in [6.45, 7) is 0. The Labute approximate surface area is 186 Å². The molecule has 0 unspecified atom stereocenters. The van der Waals surface area contributed by atoms with E-state index < -0.39 is 51.9 Å². The van der Waals surface area contributed by atoms with Crippen LogP contribution in [0.25, 0.3) is 0 Å². The second kappa shape index (κ2) is 16.5. The van der Waals surface area contributed by atoms with Crippen LogP contribution in [0.3, 0.4) is 0 Å². The molecular formula is Ca2Mn4O16. The van der Waals surface area contributed by atoms with E-state index in [0.717, 1.165) is 0 Å². The van der Waals surface area contributed by atoms with E-state index >= 15 is 0 Å². The third-order valence-corrected chi connectivity index (χ3v) is 0. The fraction of sp³-hybridized carbons (Fsp3) is 0. The summed E-state index contributed by atoms with van der Waals surface area (Å²) in [4.78, 5) is 0. The van der Waals surface area contributed by atoms with Gasteiger partial charge in [-0.1, -0.05) is 0 Å². The molecule has 16 nitrogen and oxygen atoms in total. The molecule has 0 aromatic carbocycles. The first-order valence-electron chi connectivity index (χ1n) is 2.47. The molecule has 0 spiro atoms. The Morgan fingerprint density at radius 1 is 0.318 bits per heavy atom. The topological polar surface area (TPSA) is 297 Å². The molecule has 0 bridgehead atoms. The predicted molar refractivity (Wildman–Crippen MR) is 19.7 cm³/mol. The van der Waals surface area contributed by atoms with Crippen LogP contribution in [0.5, 0.6) is 0 Å². The summed E-state index contributed by atoms with van der Waals surface area (Å²) in [6, 6.07) is 0. The molecule has 0 saturated carbocycles. The minimum absolute atomic E-state index is 0. The second-order valence-electron chi connectivity index (χ2n) is 1.51. The van der Waals surface area contributed by atoms with Gasteiger partial charge in [-0.25, -0.2) is 0 Å². The number of hydrogen-bond donors (Lipinski definition) is 0. The summed E-state index contributed by atoms with van der Waals surface area (Å²) in [5, 5.41) is 0. The second-order valence-corrected chi connectivity index (χ2v) is 6.23. The van der Waals surface area contributed by atoms with Crippen LogP contribution in [-0.4, -0.2) is 75.5 Å². The van der Waals surface area contributed by atoms with Crippen LogP contribution in [0.4, 0.5) is 0 Å². The Morgan fingerprint density at radius 2 is 0.318 bits per heavy atom. The van der Waals surface area contributed by atoms with E-state index in [-0.39, 0.29) is 75.5 Å². The molecule has 0 amide bonds. The average Bonchev–Trinajstić information content (AvgIpc) is 1.62. The molecular weight excluding hydrogens is 556 g/mol. The average molecular weight is 556 g/mol. The number of rotatable bonds is 0. The molecule has 0 radical (unpaired) electrons. The predicted octanol–water partition coefficient (Wildman–Crippen LogP) is -6.95.